The summed E-state index contributed by atoms with van der Waals surface area (Å²) in [6.07, 6.45) is -4.70. The van der Waals surface area contributed by atoms with Crippen LogP contribution in [-0.2, 0) is 16.0 Å². The second-order valence-corrected chi connectivity index (χ2v) is 5.21. The van der Waals surface area contributed by atoms with E-state index in [0.717, 1.165) is 0 Å². The number of aromatic nitrogens is 2. The Morgan fingerprint density at radius 2 is 2.23 bits per heavy atom. The number of carboxylic acid groups (broad SMARTS) is 1. The molecule has 120 valence electrons. The van der Waals surface area contributed by atoms with Crippen LogP contribution in [0.4, 0.5) is 19.0 Å². The molecule has 1 aromatic heterocycles. The standard InChI is InChI=1S/C12H13F3N4O3/c13-12(14,15)7-3-11(10(21)22,9(20)17-5-7)2-6-1-8(16)19-18-4-6/h1,4,7H,2-3,5H2,(H2,16,19)(H,17,20)(H,21,22)/t7-,11?/m0/s1. The maximum absolute atomic E-state index is 12.9. The van der Waals surface area contributed by atoms with Gasteiger partial charge in [-0.1, -0.05) is 0 Å². The summed E-state index contributed by atoms with van der Waals surface area (Å²) in [5, 5.41) is 18.4. The van der Waals surface area contributed by atoms with E-state index in [9.17, 15) is 27.9 Å². The summed E-state index contributed by atoms with van der Waals surface area (Å²) in [5.74, 6) is -4.50. The lowest BCUT2D eigenvalue weighted by Gasteiger charge is -2.37. The number of anilines is 1. The first-order valence-electron chi connectivity index (χ1n) is 6.30. The van der Waals surface area contributed by atoms with E-state index in [4.69, 9.17) is 5.73 Å². The number of carbonyl (C=O) groups is 2. The molecule has 7 nitrogen and oxygen atoms in total. The van der Waals surface area contributed by atoms with Gasteiger partial charge in [0.2, 0.25) is 5.91 Å². The predicted molar refractivity (Wildman–Crippen MR) is 67.4 cm³/mol. The Morgan fingerprint density at radius 3 is 2.77 bits per heavy atom. The fraction of sp³-hybridized carbons (Fsp3) is 0.500. The van der Waals surface area contributed by atoms with Gasteiger partial charge >= 0.3 is 12.1 Å². The minimum atomic E-state index is -4.59. The van der Waals surface area contributed by atoms with Gasteiger partial charge in [0.05, 0.1) is 12.1 Å². The number of rotatable bonds is 3. The Bertz CT molecular complexity index is 608. The molecule has 1 saturated heterocycles. The first kappa shape index (κ1) is 16.0. The molecule has 0 aromatic carbocycles. The number of halogens is 3. The van der Waals surface area contributed by atoms with Crippen LogP contribution in [0.5, 0.6) is 0 Å². The van der Waals surface area contributed by atoms with E-state index >= 15 is 0 Å². The van der Waals surface area contributed by atoms with E-state index in [-0.39, 0.29) is 11.4 Å². The Kier molecular flexibility index (Phi) is 3.94. The molecule has 2 heterocycles. The molecule has 4 N–H and O–H groups in total. The molecule has 1 unspecified atom stereocenters. The van der Waals surface area contributed by atoms with Gasteiger partial charge in [-0.3, -0.25) is 9.59 Å². The number of nitrogens with one attached hydrogen (secondary N) is 1. The molecule has 0 spiro atoms. The molecule has 2 atom stereocenters. The fourth-order valence-electron chi connectivity index (χ4n) is 2.49. The number of hydrogen-bond acceptors (Lipinski definition) is 5. The number of nitrogens with zero attached hydrogens (tertiary/aromatic N) is 2. The van der Waals surface area contributed by atoms with Crippen LogP contribution in [-0.4, -0.2) is 39.9 Å². The number of aliphatic carboxylic acids is 1. The van der Waals surface area contributed by atoms with Gasteiger partial charge in [-0.05, 0) is 24.5 Å². The number of alkyl halides is 3. The zero-order valence-corrected chi connectivity index (χ0v) is 11.2. The minimum absolute atomic E-state index is 0.0124. The topological polar surface area (TPSA) is 118 Å². The van der Waals surface area contributed by atoms with Crippen molar-refractivity contribution in [1.82, 2.24) is 15.5 Å². The second kappa shape index (κ2) is 5.43. The number of carboxylic acids is 1. The maximum Gasteiger partial charge on any atom is 0.393 e. The van der Waals surface area contributed by atoms with Crippen molar-refractivity contribution in [2.24, 2.45) is 11.3 Å². The molecule has 1 fully saturated rings. The highest BCUT2D eigenvalue weighted by Crippen LogP contribution is 2.41. The summed E-state index contributed by atoms with van der Waals surface area (Å²) in [6.45, 7) is -0.631. The third-order valence-corrected chi connectivity index (χ3v) is 3.65. The average Bonchev–Trinajstić information content (AvgIpc) is 2.39. The molecule has 1 amide bonds. The van der Waals surface area contributed by atoms with Crippen LogP contribution in [0, 0.1) is 11.3 Å². The number of nitrogen functional groups attached to an aromatic ring is 1. The van der Waals surface area contributed by atoms with Gasteiger partial charge in [0.1, 0.15) is 5.82 Å². The Balaban J connectivity index is 2.37. The molecule has 1 aliphatic rings. The quantitative estimate of drug-likeness (QED) is 0.693. The first-order valence-corrected chi connectivity index (χ1v) is 6.30. The lowest BCUT2D eigenvalue weighted by atomic mass is 9.71. The van der Waals surface area contributed by atoms with Crippen molar-refractivity contribution in [3.05, 3.63) is 17.8 Å². The molecular formula is C12H13F3N4O3. The van der Waals surface area contributed by atoms with Crippen molar-refractivity contribution in [2.75, 3.05) is 12.3 Å². The zero-order valence-electron chi connectivity index (χ0n) is 11.2. The van der Waals surface area contributed by atoms with Crippen LogP contribution in [0.1, 0.15) is 12.0 Å². The van der Waals surface area contributed by atoms with Gasteiger partial charge in [-0.2, -0.15) is 18.3 Å². The molecule has 1 aliphatic heterocycles. The lowest BCUT2D eigenvalue weighted by molar-refractivity contribution is -0.194. The number of amides is 1. The average molecular weight is 318 g/mol. The van der Waals surface area contributed by atoms with Crippen molar-refractivity contribution in [3.63, 3.8) is 0 Å². The molecule has 0 saturated carbocycles. The van der Waals surface area contributed by atoms with Gasteiger partial charge in [-0.25, -0.2) is 0 Å². The normalized spacial score (nSPS) is 25.6. The van der Waals surface area contributed by atoms with Crippen molar-refractivity contribution in [2.45, 2.75) is 19.0 Å². The largest absolute Gasteiger partial charge is 0.480 e. The van der Waals surface area contributed by atoms with Crippen molar-refractivity contribution in [1.29, 1.82) is 0 Å². The highest BCUT2D eigenvalue weighted by Gasteiger charge is 2.56. The fourth-order valence-corrected chi connectivity index (χ4v) is 2.49. The van der Waals surface area contributed by atoms with E-state index in [0.29, 0.717) is 0 Å². The predicted octanol–water partition coefficient (Wildman–Crippen LogP) is 0.371. The molecule has 0 radical (unpaired) electrons. The third-order valence-electron chi connectivity index (χ3n) is 3.65. The Labute approximate surface area is 122 Å². The van der Waals surface area contributed by atoms with Crippen LogP contribution in [0.3, 0.4) is 0 Å². The highest BCUT2D eigenvalue weighted by atomic mass is 19.4. The number of nitrogens with two attached hydrogens (primary N) is 1. The monoisotopic (exact) mass is 318 g/mol. The summed E-state index contributed by atoms with van der Waals surface area (Å²) in [4.78, 5) is 23.5. The van der Waals surface area contributed by atoms with E-state index < -0.39 is 48.8 Å². The van der Waals surface area contributed by atoms with E-state index in [1.54, 1.807) is 0 Å². The Hall–Kier alpha value is -2.39. The molecule has 0 bridgehead atoms. The van der Waals surface area contributed by atoms with Gasteiger partial charge in [0, 0.05) is 6.54 Å². The Morgan fingerprint density at radius 1 is 1.55 bits per heavy atom. The van der Waals surface area contributed by atoms with E-state index in [2.05, 4.69) is 10.2 Å². The number of hydrogen-bond donors (Lipinski definition) is 3. The summed E-state index contributed by atoms with van der Waals surface area (Å²) in [7, 11) is 0. The summed E-state index contributed by atoms with van der Waals surface area (Å²) in [5.41, 5.74) is 3.43. The first-order chi connectivity index (χ1) is 10.1. The van der Waals surface area contributed by atoms with Crippen molar-refractivity contribution >= 4 is 17.7 Å². The van der Waals surface area contributed by atoms with E-state index in [1.165, 1.54) is 12.3 Å². The molecule has 10 heteroatoms. The van der Waals surface area contributed by atoms with E-state index in [1.807, 2.05) is 5.32 Å². The molecular weight excluding hydrogens is 305 g/mol. The highest BCUT2D eigenvalue weighted by molar-refractivity contribution is 6.02. The van der Waals surface area contributed by atoms with Gasteiger partial charge in [0.15, 0.2) is 5.41 Å². The number of piperidine rings is 1. The maximum atomic E-state index is 12.9. The third kappa shape index (κ3) is 2.95. The second-order valence-electron chi connectivity index (χ2n) is 5.21. The lowest BCUT2D eigenvalue weighted by Crippen LogP contribution is -2.57. The van der Waals surface area contributed by atoms with Crippen LogP contribution in [0.2, 0.25) is 0 Å². The molecule has 0 aliphatic carbocycles. The molecule has 2 rings (SSSR count). The van der Waals surface area contributed by atoms with Crippen LogP contribution in [0.15, 0.2) is 12.3 Å². The van der Waals surface area contributed by atoms with Gasteiger partial charge in [-0.15, -0.1) is 5.10 Å². The van der Waals surface area contributed by atoms with Crippen molar-refractivity contribution in [3.8, 4) is 0 Å². The van der Waals surface area contributed by atoms with Crippen molar-refractivity contribution < 1.29 is 27.9 Å². The summed E-state index contributed by atoms with van der Waals surface area (Å²) >= 11 is 0. The van der Waals surface area contributed by atoms with Gasteiger partial charge in [0.25, 0.3) is 0 Å². The smallest absolute Gasteiger partial charge is 0.393 e. The number of carbonyl (C=O) groups excluding carboxylic acids is 1. The summed E-state index contributed by atoms with van der Waals surface area (Å²) < 4.78 is 38.7. The zero-order chi connectivity index (χ0) is 16.5. The van der Waals surface area contributed by atoms with Gasteiger partial charge < -0.3 is 16.2 Å². The SMILES string of the molecule is Nc1cc(CC2(C(=O)O)C[C@H](C(F)(F)F)CNC2=O)cnn1. The van der Waals surface area contributed by atoms with Crippen LogP contribution >= 0.6 is 0 Å². The summed E-state index contributed by atoms with van der Waals surface area (Å²) in [6, 6.07) is 1.28. The van der Waals surface area contributed by atoms with Crippen LogP contribution in [0.25, 0.3) is 0 Å². The van der Waals surface area contributed by atoms with Crippen LogP contribution < -0.4 is 11.1 Å². The minimum Gasteiger partial charge on any atom is -0.480 e. The molecule has 22 heavy (non-hydrogen) atoms. The molecule has 1 aromatic rings.